The third-order valence-corrected chi connectivity index (χ3v) is 2.59. The van der Waals surface area contributed by atoms with Crippen LogP contribution in [0.25, 0.3) is 0 Å². The molecule has 0 amide bonds. The SMILES string of the molecule is CC(N)(C(=O)O)c1ccc(F)cc1Br.Cl. The molecule has 1 aromatic rings. The highest BCUT2D eigenvalue weighted by Crippen LogP contribution is 2.27. The molecule has 0 saturated carbocycles. The first kappa shape index (κ1) is 14.3. The molecule has 1 rings (SSSR count). The fourth-order valence-electron chi connectivity index (χ4n) is 1.03. The Bertz CT molecular complexity index is 384. The van der Waals surface area contributed by atoms with Gasteiger partial charge in [0.25, 0.3) is 0 Å². The lowest BCUT2D eigenvalue weighted by Gasteiger charge is -2.20. The minimum Gasteiger partial charge on any atom is -0.480 e. The Morgan fingerprint density at radius 1 is 1.60 bits per heavy atom. The molecule has 0 radical (unpaired) electrons. The lowest BCUT2D eigenvalue weighted by Crippen LogP contribution is -2.42. The molecule has 15 heavy (non-hydrogen) atoms. The van der Waals surface area contributed by atoms with Crippen molar-refractivity contribution in [2.75, 3.05) is 0 Å². The number of carboxylic acid groups (broad SMARTS) is 1. The summed E-state index contributed by atoms with van der Waals surface area (Å²) in [4.78, 5) is 10.8. The van der Waals surface area contributed by atoms with Crippen molar-refractivity contribution in [1.29, 1.82) is 0 Å². The molecule has 0 aliphatic rings. The van der Waals surface area contributed by atoms with Gasteiger partial charge in [-0.1, -0.05) is 22.0 Å². The van der Waals surface area contributed by atoms with Crippen LogP contribution in [-0.2, 0) is 10.3 Å². The molecule has 6 heteroatoms. The molecular formula is C9H10BrClFNO2. The quantitative estimate of drug-likeness (QED) is 0.880. The summed E-state index contributed by atoms with van der Waals surface area (Å²) in [7, 11) is 0. The van der Waals surface area contributed by atoms with E-state index < -0.39 is 17.3 Å². The number of aliphatic carboxylic acids is 1. The summed E-state index contributed by atoms with van der Waals surface area (Å²) in [5.41, 5.74) is 4.40. The number of carboxylic acids is 1. The highest BCUT2D eigenvalue weighted by molar-refractivity contribution is 9.10. The highest BCUT2D eigenvalue weighted by atomic mass is 79.9. The van der Waals surface area contributed by atoms with Gasteiger partial charge in [0, 0.05) is 4.47 Å². The maximum atomic E-state index is 12.7. The summed E-state index contributed by atoms with van der Waals surface area (Å²) in [5, 5.41) is 8.85. The topological polar surface area (TPSA) is 63.3 Å². The van der Waals surface area contributed by atoms with Crippen LogP contribution in [-0.4, -0.2) is 11.1 Å². The van der Waals surface area contributed by atoms with E-state index in [9.17, 15) is 9.18 Å². The molecule has 84 valence electrons. The zero-order chi connectivity index (χ0) is 10.9. The van der Waals surface area contributed by atoms with Crippen LogP contribution in [0.5, 0.6) is 0 Å². The number of carbonyl (C=O) groups is 1. The van der Waals surface area contributed by atoms with E-state index in [4.69, 9.17) is 10.8 Å². The summed E-state index contributed by atoms with van der Waals surface area (Å²) in [6, 6.07) is 3.71. The van der Waals surface area contributed by atoms with Crippen molar-refractivity contribution in [3.63, 3.8) is 0 Å². The van der Waals surface area contributed by atoms with E-state index in [1.54, 1.807) is 0 Å². The van der Waals surface area contributed by atoms with Crippen molar-refractivity contribution in [1.82, 2.24) is 0 Å². The summed E-state index contributed by atoms with van der Waals surface area (Å²) < 4.78 is 13.1. The fraction of sp³-hybridized carbons (Fsp3) is 0.222. The average molecular weight is 299 g/mol. The normalized spacial score (nSPS) is 13.9. The molecule has 0 bridgehead atoms. The minimum absolute atomic E-state index is 0. The Hall–Kier alpha value is -0.650. The number of benzene rings is 1. The summed E-state index contributed by atoms with van der Waals surface area (Å²) in [6.45, 7) is 1.35. The Labute approximate surface area is 101 Å². The first-order valence-electron chi connectivity index (χ1n) is 3.83. The fourth-order valence-corrected chi connectivity index (χ4v) is 1.79. The summed E-state index contributed by atoms with van der Waals surface area (Å²) >= 11 is 3.07. The summed E-state index contributed by atoms with van der Waals surface area (Å²) in [6.07, 6.45) is 0. The van der Waals surface area contributed by atoms with Crippen LogP contribution in [0.3, 0.4) is 0 Å². The van der Waals surface area contributed by atoms with Crippen molar-refractivity contribution >= 4 is 34.3 Å². The predicted molar refractivity (Wildman–Crippen MR) is 60.5 cm³/mol. The number of rotatable bonds is 2. The Morgan fingerprint density at radius 2 is 2.13 bits per heavy atom. The van der Waals surface area contributed by atoms with Crippen LogP contribution in [0.15, 0.2) is 22.7 Å². The van der Waals surface area contributed by atoms with Gasteiger partial charge in [-0.3, -0.25) is 0 Å². The van der Waals surface area contributed by atoms with Crippen LogP contribution in [0.2, 0.25) is 0 Å². The van der Waals surface area contributed by atoms with E-state index in [0.29, 0.717) is 10.0 Å². The van der Waals surface area contributed by atoms with Crippen LogP contribution in [0.1, 0.15) is 12.5 Å². The third-order valence-electron chi connectivity index (χ3n) is 1.93. The molecule has 0 heterocycles. The van der Waals surface area contributed by atoms with E-state index >= 15 is 0 Å². The van der Waals surface area contributed by atoms with Crippen molar-refractivity contribution in [3.05, 3.63) is 34.1 Å². The lowest BCUT2D eigenvalue weighted by atomic mass is 9.93. The minimum atomic E-state index is -1.52. The van der Waals surface area contributed by atoms with Crippen molar-refractivity contribution < 1.29 is 14.3 Å². The maximum Gasteiger partial charge on any atom is 0.328 e. The van der Waals surface area contributed by atoms with Crippen LogP contribution >= 0.6 is 28.3 Å². The third kappa shape index (κ3) is 2.90. The Kier molecular flexibility index (Phi) is 4.70. The van der Waals surface area contributed by atoms with Gasteiger partial charge in [-0.05, 0) is 24.6 Å². The molecule has 1 unspecified atom stereocenters. The van der Waals surface area contributed by atoms with Gasteiger partial charge in [-0.15, -0.1) is 12.4 Å². The van der Waals surface area contributed by atoms with Crippen LogP contribution in [0, 0.1) is 5.82 Å². The monoisotopic (exact) mass is 297 g/mol. The van der Waals surface area contributed by atoms with Crippen LogP contribution < -0.4 is 5.73 Å². The second kappa shape index (κ2) is 4.92. The molecular weight excluding hydrogens is 288 g/mol. The number of hydrogen-bond donors (Lipinski definition) is 2. The van der Waals surface area contributed by atoms with E-state index in [1.807, 2.05) is 0 Å². The molecule has 0 fully saturated rings. The molecule has 0 aromatic heterocycles. The van der Waals surface area contributed by atoms with Gasteiger partial charge < -0.3 is 10.8 Å². The number of hydrogen-bond acceptors (Lipinski definition) is 2. The van der Waals surface area contributed by atoms with Gasteiger partial charge in [-0.2, -0.15) is 0 Å². The maximum absolute atomic E-state index is 12.7. The number of halogens is 3. The van der Waals surface area contributed by atoms with Gasteiger partial charge in [0.15, 0.2) is 0 Å². The van der Waals surface area contributed by atoms with Gasteiger partial charge in [0.05, 0.1) is 0 Å². The second-order valence-electron chi connectivity index (χ2n) is 3.13. The first-order chi connectivity index (χ1) is 6.35. The number of nitrogens with two attached hydrogens (primary N) is 1. The average Bonchev–Trinajstić information content (AvgIpc) is 2.02. The molecule has 0 saturated heterocycles. The largest absolute Gasteiger partial charge is 0.480 e. The lowest BCUT2D eigenvalue weighted by molar-refractivity contribution is -0.143. The summed E-state index contributed by atoms with van der Waals surface area (Å²) in [5.74, 6) is -1.60. The van der Waals surface area contributed by atoms with Crippen LogP contribution in [0.4, 0.5) is 4.39 Å². The molecule has 0 aliphatic carbocycles. The second-order valence-corrected chi connectivity index (χ2v) is 3.99. The molecule has 3 N–H and O–H groups in total. The van der Waals surface area contributed by atoms with Crippen molar-refractivity contribution in [3.8, 4) is 0 Å². The predicted octanol–water partition coefficient (Wildman–Crippen LogP) is 2.27. The molecule has 0 aliphatic heterocycles. The van der Waals surface area contributed by atoms with Gasteiger partial charge >= 0.3 is 5.97 Å². The Morgan fingerprint density at radius 3 is 2.53 bits per heavy atom. The first-order valence-corrected chi connectivity index (χ1v) is 4.63. The standard InChI is InChI=1S/C9H9BrFNO2.ClH/c1-9(12,8(13)14)6-3-2-5(11)4-7(6)10;/h2-4H,12H2,1H3,(H,13,14);1H. The van der Waals surface area contributed by atoms with E-state index in [1.165, 1.54) is 25.1 Å². The van der Waals surface area contributed by atoms with E-state index in [2.05, 4.69) is 15.9 Å². The van der Waals surface area contributed by atoms with Gasteiger partial charge in [0.1, 0.15) is 11.4 Å². The van der Waals surface area contributed by atoms with Crippen molar-refractivity contribution in [2.24, 2.45) is 5.73 Å². The Balaban J connectivity index is 0.00000196. The van der Waals surface area contributed by atoms with Crippen molar-refractivity contribution in [2.45, 2.75) is 12.5 Å². The molecule has 0 spiro atoms. The van der Waals surface area contributed by atoms with E-state index in [0.717, 1.165) is 0 Å². The molecule has 1 atom stereocenters. The van der Waals surface area contributed by atoms with Gasteiger partial charge in [-0.25, -0.2) is 9.18 Å². The molecule has 1 aromatic carbocycles. The van der Waals surface area contributed by atoms with E-state index in [-0.39, 0.29) is 12.4 Å². The zero-order valence-corrected chi connectivity index (χ0v) is 10.2. The zero-order valence-electron chi connectivity index (χ0n) is 7.83. The molecule has 3 nitrogen and oxygen atoms in total. The van der Waals surface area contributed by atoms with Gasteiger partial charge in [0.2, 0.25) is 0 Å². The highest BCUT2D eigenvalue weighted by Gasteiger charge is 2.32. The smallest absolute Gasteiger partial charge is 0.328 e.